The van der Waals surface area contributed by atoms with Crippen molar-refractivity contribution in [3.63, 3.8) is 0 Å². The Morgan fingerprint density at radius 1 is 1.27 bits per heavy atom. The van der Waals surface area contributed by atoms with E-state index in [4.69, 9.17) is 0 Å². The third-order valence-corrected chi connectivity index (χ3v) is 5.63. The minimum absolute atomic E-state index is 0.146. The lowest BCUT2D eigenvalue weighted by atomic mass is 10.2. The molecule has 0 saturated carbocycles. The summed E-state index contributed by atoms with van der Waals surface area (Å²) in [7, 11) is 1.75. The van der Waals surface area contributed by atoms with Crippen molar-refractivity contribution in [3.05, 3.63) is 58.3 Å². The fourth-order valence-electron chi connectivity index (χ4n) is 2.37. The molecular formula is C18H16BrFN4OS. The summed E-state index contributed by atoms with van der Waals surface area (Å²) in [5, 5.41) is 11.5. The number of hydrogen-bond donors (Lipinski definition) is 1. The SMILES string of the molecule is Cc1cc(NC(=O)CSc2nnc(-c3ccccc3F)n2C)ccc1Br. The monoisotopic (exact) mass is 434 g/mol. The Morgan fingerprint density at radius 2 is 2.04 bits per heavy atom. The number of rotatable bonds is 5. The zero-order valence-corrected chi connectivity index (χ0v) is 16.6. The van der Waals surface area contributed by atoms with Crippen molar-refractivity contribution in [2.75, 3.05) is 11.1 Å². The molecule has 8 heteroatoms. The summed E-state index contributed by atoms with van der Waals surface area (Å²) in [6.07, 6.45) is 0. The van der Waals surface area contributed by atoms with E-state index in [1.807, 2.05) is 25.1 Å². The normalized spacial score (nSPS) is 10.8. The van der Waals surface area contributed by atoms with Crippen molar-refractivity contribution in [2.24, 2.45) is 7.05 Å². The van der Waals surface area contributed by atoms with Crippen LogP contribution < -0.4 is 5.32 Å². The van der Waals surface area contributed by atoms with Gasteiger partial charge in [0, 0.05) is 17.2 Å². The number of aryl methyl sites for hydroxylation is 1. The van der Waals surface area contributed by atoms with Gasteiger partial charge in [-0.3, -0.25) is 4.79 Å². The topological polar surface area (TPSA) is 59.8 Å². The lowest BCUT2D eigenvalue weighted by Crippen LogP contribution is -2.14. The maximum absolute atomic E-state index is 13.9. The van der Waals surface area contributed by atoms with Crippen molar-refractivity contribution in [1.82, 2.24) is 14.8 Å². The Labute approximate surface area is 163 Å². The van der Waals surface area contributed by atoms with Gasteiger partial charge >= 0.3 is 0 Å². The molecule has 0 unspecified atom stereocenters. The number of carbonyl (C=O) groups excluding carboxylic acids is 1. The predicted octanol–water partition coefficient (Wildman–Crippen LogP) is 4.42. The molecule has 1 heterocycles. The van der Waals surface area contributed by atoms with Gasteiger partial charge in [0.05, 0.1) is 11.3 Å². The first-order valence-corrected chi connectivity index (χ1v) is 9.56. The first-order chi connectivity index (χ1) is 12.5. The van der Waals surface area contributed by atoms with Crippen molar-refractivity contribution >= 4 is 39.3 Å². The van der Waals surface area contributed by atoms with E-state index in [-0.39, 0.29) is 17.5 Å². The number of thioether (sulfide) groups is 1. The Kier molecular flexibility index (Phi) is 5.73. The van der Waals surface area contributed by atoms with Gasteiger partial charge in [-0.1, -0.05) is 39.8 Å². The molecule has 0 spiro atoms. The van der Waals surface area contributed by atoms with E-state index in [1.165, 1.54) is 17.8 Å². The lowest BCUT2D eigenvalue weighted by Gasteiger charge is -2.07. The summed E-state index contributed by atoms with van der Waals surface area (Å²) in [5.41, 5.74) is 2.16. The van der Waals surface area contributed by atoms with Crippen molar-refractivity contribution < 1.29 is 9.18 Å². The average Bonchev–Trinajstić information content (AvgIpc) is 2.97. The molecule has 0 saturated heterocycles. The maximum Gasteiger partial charge on any atom is 0.234 e. The van der Waals surface area contributed by atoms with Crippen LogP contribution in [0.1, 0.15) is 5.56 Å². The number of carbonyl (C=O) groups is 1. The van der Waals surface area contributed by atoms with Gasteiger partial charge in [0.2, 0.25) is 5.91 Å². The van der Waals surface area contributed by atoms with Gasteiger partial charge in [-0.05, 0) is 42.8 Å². The van der Waals surface area contributed by atoms with Crippen molar-refractivity contribution in [2.45, 2.75) is 12.1 Å². The number of anilines is 1. The van der Waals surface area contributed by atoms with Gasteiger partial charge in [0.25, 0.3) is 0 Å². The van der Waals surface area contributed by atoms with Gasteiger partial charge < -0.3 is 9.88 Å². The molecule has 3 aromatic rings. The third-order valence-electron chi connectivity index (χ3n) is 3.72. The second-order valence-corrected chi connectivity index (χ2v) is 7.44. The lowest BCUT2D eigenvalue weighted by molar-refractivity contribution is -0.113. The molecule has 0 atom stereocenters. The average molecular weight is 435 g/mol. The van der Waals surface area contributed by atoms with E-state index in [9.17, 15) is 9.18 Å². The standard InChI is InChI=1S/C18H16BrFN4OS/c1-11-9-12(7-8-14(11)19)21-16(25)10-26-18-23-22-17(24(18)2)13-5-3-4-6-15(13)20/h3-9H,10H2,1-2H3,(H,21,25). The zero-order chi connectivity index (χ0) is 18.7. The summed E-state index contributed by atoms with van der Waals surface area (Å²) in [5.74, 6) is 0.0999. The van der Waals surface area contributed by atoms with Crippen LogP contribution in [0.25, 0.3) is 11.4 Å². The van der Waals surface area contributed by atoms with Crippen LogP contribution in [0.5, 0.6) is 0 Å². The summed E-state index contributed by atoms with van der Waals surface area (Å²) >= 11 is 4.68. The van der Waals surface area contributed by atoms with Gasteiger partial charge in [0.1, 0.15) is 5.82 Å². The highest BCUT2D eigenvalue weighted by Gasteiger charge is 2.15. The summed E-state index contributed by atoms with van der Waals surface area (Å²) in [4.78, 5) is 12.2. The molecule has 5 nitrogen and oxygen atoms in total. The van der Waals surface area contributed by atoms with Crippen LogP contribution in [0.2, 0.25) is 0 Å². The van der Waals surface area contributed by atoms with E-state index < -0.39 is 0 Å². The second-order valence-electron chi connectivity index (χ2n) is 5.65. The van der Waals surface area contributed by atoms with Gasteiger partial charge in [-0.2, -0.15) is 0 Å². The third kappa shape index (κ3) is 4.13. The van der Waals surface area contributed by atoms with Gasteiger partial charge in [-0.25, -0.2) is 4.39 Å². The highest BCUT2D eigenvalue weighted by Crippen LogP contribution is 2.25. The molecule has 0 aliphatic rings. The van der Waals surface area contributed by atoms with E-state index in [0.29, 0.717) is 16.5 Å². The molecule has 0 bridgehead atoms. The molecular weight excluding hydrogens is 419 g/mol. The summed E-state index contributed by atoms with van der Waals surface area (Å²) < 4.78 is 16.6. The Bertz CT molecular complexity index is 960. The summed E-state index contributed by atoms with van der Waals surface area (Å²) in [6.45, 7) is 1.96. The fraction of sp³-hybridized carbons (Fsp3) is 0.167. The number of amides is 1. The number of nitrogens with zero attached hydrogens (tertiary/aromatic N) is 3. The molecule has 3 rings (SSSR count). The van der Waals surface area contributed by atoms with Crippen LogP contribution in [0.15, 0.2) is 52.1 Å². The molecule has 1 aromatic heterocycles. The molecule has 0 aliphatic heterocycles. The quantitative estimate of drug-likeness (QED) is 0.603. The van der Waals surface area contributed by atoms with Crippen LogP contribution in [-0.2, 0) is 11.8 Å². The number of benzene rings is 2. The van der Waals surface area contributed by atoms with E-state index in [0.717, 1.165) is 15.7 Å². The van der Waals surface area contributed by atoms with E-state index in [2.05, 4.69) is 31.4 Å². The molecule has 1 amide bonds. The highest BCUT2D eigenvalue weighted by molar-refractivity contribution is 9.10. The number of hydrogen-bond acceptors (Lipinski definition) is 4. The van der Waals surface area contributed by atoms with Crippen LogP contribution in [-0.4, -0.2) is 26.4 Å². The second kappa shape index (κ2) is 8.01. The molecule has 0 radical (unpaired) electrons. The van der Waals surface area contributed by atoms with E-state index in [1.54, 1.807) is 29.8 Å². The predicted molar refractivity (Wildman–Crippen MR) is 105 cm³/mol. The molecule has 2 aromatic carbocycles. The van der Waals surface area contributed by atoms with Crippen molar-refractivity contribution in [3.8, 4) is 11.4 Å². The Morgan fingerprint density at radius 3 is 2.77 bits per heavy atom. The van der Waals surface area contributed by atoms with Crippen LogP contribution in [0.3, 0.4) is 0 Å². The minimum Gasteiger partial charge on any atom is -0.325 e. The minimum atomic E-state index is -0.358. The molecule has 0 aliphatic carbocycles. The summed E-state index contributed by atoms with van der Waals surface area (Å²) in [6, 6.07) is 12.0. The molecule has 26 heavy (non-hydrogen) atoms. The number of aromatic nitrogens is 3. The first-order valence-electron chi connectivity index (χ1n) is 7.79. The number of halogens is 2. The Hall–Kier alpha value is -2.19. The van der Waals surface area contributed by atoms with Gasteiger partial charge in [-0.15, -0.1) is 10.2 Å². The highest BCUT2D eigenvalue weighted by atomic mass is 79.9. The van der Waals surface area contributed by atoms with Crippen LogP contribution in [0.4, 0.5) is 10.1 Å². The maximum atomic E-state index is 13.9. The van der Waals surface area contributed by atoms with Gasteiger partial charge in [0.15, 0.2) is 11.0 Å². The zero-order valence-electron chi connectivity index (χ0n) is 14.2. The van der Waals surface area contributed by atoms with Crippen molar-refractivity contribution in [1.29, 1.82) is 0 Å². The number of nitrogens with one attached hydrogen (secondary N) is 1. The molecule has 0 fully saturated rings. The smallest absolute Gasteiger partial charge is 0.234 e. The largest absolute Gasteiger partial charge is 0.325 e. The van der Waals surface area contributed by atoms with Crippen LogP contribution in [0, 0.1) is 12.7 Å². The first kappa shape index (κ1) is 18.6. The Balaban J connectivity index is 1.66. The fourth-order valence-corrected chi connectivity index (χ4v) is 3.32. The molecule has 134 valence electrons. The van der Waals surface area contributed by atoms with Crippen LogP contribution >= 0.6 is 27.7 Å². The molecule has 1 N–H and O–H groups in total. The van der Waals surface area contributed by atoms with E-state index >= 15 is 0 Å².